The molecule has 4 heteroatoms. The van der Waals surface area contributed by atoms with Crippen molar-refractivity contribution in [3.8, 4) is 0 Å². The fraction of sp³-hybridized carbons (Fsp3) is 0.250. The lowest BCUT2D eigenvalue weighted by Crippen LogP contribution is -2.20. The van der Waals surface area contributed by atoms with Crippen molar-refractivity contribution in [3.63, 3.8) is 0 Å². The second-order valence-electron chi connectivity index (χ2n) is 4.76. The summed E-state index contributed by atoms with van der Waals surface area (Å²) in [6, 6.07) is 11.5. The summed E-state index contributed by atoms with van der Waals surface area (Å²) in [5.74, 6) is -0.538. The van der Waals surface area contributed by atoms with Gasteiger partial charge in [0.25, 0.3) is 0 Å². The highest BCUT2D eigenvalue weighted by atomic mass is 79.9. The topological polar surface area (TPSA) is 12.0 Å². The minimum Gasteiger partial charge on any atom is -0.319 e. The first kappa shape index (κ1) is 15.1. The molecule has 106 valence electrons. The van der Waals surface area contributed by atoms with E-state index in [9.17, 15) is 8.78 Å². The van der Waals surface area contributed by atoms with Crippen LogP contribution in [0.5, 0.6) is 0 Å². The smallest absolute Gasteiger partial charge is 0.126 e. The van der Waals surface area contributed by atoms with Gasteiger partial charge in [-0.25, -0.2) is 8.78 Å². The molecule has 1 atom stereocenters. The quantitative estimate of drug-likeness (QED) is 0.857. The van der Waals surface area contributed by atoms with Gasteiger partial charge in [0.05, 0.1) is 0 Å². The van der Waals surface area contributed by atoms with E-state index in [0.29, 0.717) is 23.0 Å². The first-order valence-corrected chi connectivity index (χ1v) is 7.23. The second-order valence-corrected chi connectivity index (χ2v) is 5.67. The van der Waals surface area contributed by atoms with Crippen LogP contribution < -0.4 is 5.32 Å². The molecule has 20 heavy (non-hydrogen) atoms. The summed E-state index contributed by atoms with van der Waals surface area (Å²) in [6.45, 7) is 0.634. The van der Waals surface area contributed by atoms with E-state index in [2.05, 4.69) is 21.2 Å². The number of hydrogen-bond acceptors (Lipinski definition) is 1. The Kier molecular flexibility index (Phi) is 5.26. The normalized spacial score (nSPS) is 12.4. The van der Waals surface area contributed by atoms with Crippen molar-refractivity contribution in [2.24, 2.45) is 0 Å². The number of halogens is 3. The van der Waals surface area contributed by atoms with Crippen LogP contribution in [0.1, 0.15) is 17.0 Å². The maximum atomic E-state index is 13.9. The molecule has 0 saturated heterocycles. The van der Waals surface area contributed by atoms with Crippen LogP contribution in [0, 0.1) is 11.6 Å². The van der Waals surface area contributed by atoms with Crippen LogP contribution in [0.15, 0.2) is 46.9 Å². The maximum Gasteiger partial charge on any atom is 0.126 e. The molecule has 0 aliphatic carbocycles. The molecule has 0 bridgehead atoms. The van der Waals surface area contributed by atoms with Crippen molar-refractivity contribution < 1.29 is 8.78 Å². The largest absolute Gasteiger partial charge is 0.319 e. The van der Waals surface area contributed by atoms with Gasteiger partial charge in [-0.3, -0.25) is 0 Å². The van der Waals surface area contributed by atoms with Crippen molar-refractivity contribution in [1.29, 1.82) is 0 Å². The Balaban J connectivity index is 2.28. The van der Waals surface area contributed by atoms with Gasteiger partial charge < -0.3 is 5.32 Å². The monoisotopic (exact) mass is 339 g/mol. The Morgan fingerprint density at radius 3 is 2.55 bits per heavy atom. The molecule has 0 saturated carbocycles. The Morgan fingerprint density at radius 2 is 1.90 bits per heavy atom. The molecule has 0 radical (unpaired) electrons. The third kappa shape index (κ3) is 3.87. The molecule has 0 heterocycles. The molecular formula is C16H16BrF2N. The van der Waals surface area contributed by atoms with E-state index in [4.69, 9.17) is 0 Å². The summed E-state index contributed by atoms with van der Waals surface area (Å²) in [4.78, 5) is 0. The maximum absolute atomic E-state index is 13.9. The van der Waals surface area contributed by atoms with Gasteiger partial charge in [0.2, 0.25) is 0 Å². The summed E-state index contributed by atoms with van der Waals surface area (Å²) >= 11 is 3.28. The SMILES string of the molecule is CNCC(Cc1cc(F)cc(Br)c1)c1ccccc1F. The van der Waals surface area contributed by atoms with Crippen LogP contribution in [-0.2, 0) is 6.42 Å². The Morgan fingerprint density at radius 1 is 1.15 bits per heavy atom. The fourth-order valence-electron chi connectivity index (χ4n) is 2.36. The zero-order valence-corrected chi connectivity index (χ0v) is 12.8. The van der Waals surface area contributed by atoms with Crippen molar-refractivity contribution in [1.82, 2.24) is 5.32 Å². The summed E-state index contributed by atoms with van der Waals surface area (Å²) in [5, 5.41) is 3.07. The fourth-order valence-corrected chi connectivity index (χ4v) is 2.87. The van der Waals surface area contributed by atoms with Gasteiger partial charge in [-0.15, -0.1) is 0 Å². The van der Waals surface area contributed by atoms with Crippen LogP contribution in [-0.4, -0.2) is 13.6 Å². The van der Waals surface area contributed by atoms with E-state index < -0.39 is 0 Å². The second kappa shape index (κ2) is 6.95. The molecule has 2 rings (SSSR count). The van der Waals surface area contributed by atoms with E-state index in [1.165, 1.54) is 18.2 Å². The van der Waals surface area contributed by atoms with Crippen molar-refractivity contribution in [2.75, 3.05) is 13.6 Å². The van der Waals surface area contributed by atoms with Crippen LogP contribution in [0.4, 0.5) is 8.78 Å². The lowest BCUT2D eigenvalue weighted by atomic mass is 9.91. The number of hydrogen-bond donors (Lipinski definition) is 1. The molecular weight excluding hydrogens is 324 g/mol. The van der Waals surface area contributed by atoms with Crippen molar-refractivity contribution >= 4 is 15.9 Å². The first-order chi connectivity index (χ1) is 9.60. The minimum atomic E-state index is -0.286. The van der Waals surface area contributed by atoms with E-state index in [-0.39, 0.29) is 17.6 Å². The standard InChI is InChI=1S/C16H16BrF2N/c1-20-10-12(15-4-2-3-5-16(15)19)6-11-7-13(17)9-14(18)8-11/h2-5,7-9,12,20H,6,10H2,1H3. The molecule has 0 aliphatic heterocycles. The van der Waals surface area contributed by atoms with Gasteiger partial charge in [0.15, 0.2) is 0 Å². The predicted molar refractivity (Wildman–Crippen MR) is 80.9 cm³/mol. The minimum absolute atomic E-state index is 0.0325. The molecule has 1 N–H and O–H groups in total. The summed E-state index contributed by atoms with van der Waals surface area (Å²) in [6.07, 6.45) is 0.581. The summed E-state index contributed by atoms with van der Waals surface area (Å²) in [5.41, 5.74) is 1.50. The number of likely N-dealkylation sites (N-methyl/N-ethyl adjacent to an activating group) is 1. The van der Waals surface area contributed by atoms with Crippen molar-refractivity contribution in [2.45, 2.75) is 12.3 Å². The number of nitrogens with one attached hydrogen (secondary N) is 1. The Bertz CT molecular complexity index is 566. The van der Waals surface area contributed by atoms with Crippen LogP contribution >= 0.6 is 15.9 Å². The zero-order chi connectivity index (χ0) is 14.5. The third-order valence-electron chi connectivity index (χ3n) is 3.20. The van der Waals surface area contributed by atoms with Gasteiger partial charge in [-0.2, -0.15) is 0 Å². The van der Waals surface area contributed by atoms with Gasteiger partial charge in [-0.05, 0) is 48.9 Å². The highest BCUT2D eigenvalue weighted by Gasteiger charge is 2.16. The Hall–Kier alpha value is -1.26. The van der Waals surface area contributed by atoms with Crippen molar-refractivity contribution in [3.05, 3.63) is 69.7 Å². The van der Waals surface area contributed by atoms with E-state index in [1.54, 1.807) is 12.1 Å². The van der Waals surface area contributed by atoms with E-state index >= 15 is 0 Å². The summed E-state index contributed by atoms with van der Waals surface area (Å²) < 4.78 is 28.0. The lowest BCUT2D eigenvalue weighted by molar-refractivity contribution is 0.554. The summed E-state index contributed by atoms with van der Waals surface area (Å²) in [7, 11) is 1.83. The molecule has 0 fully saturated rings. The zero-order valence-electron chi connectivity index (χ0n) is 11.2. The molecule has 0 aliphatic rings. The molecule has 0 amide bonds. The number of rotatable bonds is 5. The molecule has 0 spiro atoms. The van der Waals surface area contributed by atoms with E-state index in [1.807, 2.05) is 19.2 Å². The lowest BCUT2D eigenvalue weighted by Gasteiger charge is -2.18. The van der Waals surface area contributed by atoms with Gasteiger partial charge in [-0.1, -0.05) is 34.1 Å². The van der Waals surface area contributed by atoms with Gasteiger partial charge >= 0.3 is 0 Å². The molecule has 1 nitrogen and oxygen atoms in total. The highest BCUT2D eigenvalue weighted by molar-refractivity contribution is 9.10. The van der Waals surface area contributed by atoms with Crippen LogP contribution in [0.2, 0.25) is 0 Å². The molecule has 0 aromatic heterocycles. The molecule has 2 aromatic rings. The average Bonchev–Trinajstić information content (AvgIpc) is 2.37. The molecule has 2 aromatic carbocycles. The first-order valence-electron chi connectivity index (χ1n) is 6.44. The molecule has 1 unspecified atom stereocenters. The van der Waals surface area contributed by atoms with Crippen LogP contribution in [0.3, 0.4) is 0 Å². The highest BCUT2D eigenvalue weighted by Crippen LogP contribution is 2.25. The van der Waals surface area contributed by atoms with E-state index in [0.717, 1.165) is 5.56 Å². The predicted octanol–water partition coefficient (Wildman–Crippen LogP) is 4.27. The van der Waals surface area contributed by atoms with Gasteiger partial charge in [0.1, 0.15) is 11.6 Å². The average molecular weight is 340 g/mol. The van der Waals surface area contributed by atoms with Gasteiger partial charge in [0, 0.05) is 16.9 Å². The number of benzene rings is 2. The Labute approximate surface area is 126 Å². The van der Waals surface area contributed by atoms with Crippen LogP contribution in [0.25, 0.3) is 0 Å². The third-order valence-corrected chi connectivity index (χ3v) is 3.66.